The van der Waals surface area contributed by atoms with Crippen molar-refractivity contribution in [2.24, 2.45) is 14.1 Å². The van der Waals surface area contributed by atoms with E-state index < -0.39 is 0 Å². The van der Waals surface area contributed by atoms with Crippen molar-refractivity contribution in [2.45, 2.75) is 0 Å². The highest BCUT2D eigenvalue weighted by molar-refractivity contribution is 6.05. The zero-order valence-corrected chi connectivity index (χ0v) is 9.16. The standard InChI is InChI=1S/C11H12N4O/c1-14-8-9(7-13-14)3-4-11(16)10-5-6-12-15(10)2/h3-8H,1-2H3/b4-3+. The van der Waals surface area contributed by atoms with E-state index in [2.05, 4.69) is 10.2 Å². The summed E-state index contributed by atoms with van der Waals surface area (Å²) in [5.74, 6) is -0.0659. The zero-order valence-electron chi connectivity index (χ0n) is 9.16. The van der Waals surface area contributed by atoms with Gasteiger partial charge in [-0.15, -0.1) is 0 Å². The summed E-state index contributed by atoms with van der Waals surface area (Å²) in [5.41, 5.74) is 1.47. The smallest absolute Gasteiger partial charge is 0.203 e. The van der Waals surface area contributed by atoms with E-state index in [1.807, 2.05) is 13.2 Å². The fraction of sp³-hybridized carbons (Fsp3) is 0.182. The molecule has 2 rings (SSSR count). The fourth-order valence-electron chi connectivity index (χ4n) is 1.40. The van der Waals surface area contributed by atoms with Gasteiger partial charge >= 0.3 is 0 Å². The van der Waals surface area contributed by atoms with E-state index in [4.69, 9.17) is 0 Å². The van der Waals surface area contributed by atoms with Crippen molar-refractivity contribution in [2.75, 3.05) is 0 Å². The molecule has 0 bridgehead atoms. The van der Waals surface area contributed by atoms with Crippen molar-refractivity contribution in [3.63, 3.8) is 0 Å². The Bertz CT molecular complexity index is 536. The number of nitrogens with zero attached hydrogens (tertiary/aromatic N) is 4. The number of aryl methyl sites for hydroxylation is 2. The SMILES string of the molecule is Cn1cc(/C=C/C(=O)c2ccnn2C)cn1. The quantitative estimate of drug-likeness (QED) is 0.569. The molecule has 16 heavy (non-hydrogen) atoms. The summed E-state index contributed by atoms with van der Waals surface area (Å²) in [5, 5.41) is 7.95. The van der Waals surface area contributed by atoms with Crippen molar-refractivity contribution in [3.05, 3.63) is 42.0 Å². The van der Waals surface area contributed by atoms with Crippen LogP contribution in [0, 0.1) is 0 Å². The third-order valence-corrected chi connectivity index (χ3v) is 2.23. The van der Waals surface area contributed by atoms with E-state index in [0.717, 1.165) is 5.56 Å². The van der Waals surface area contributed by atoms with Crippen LogP contribution < -0.4 is 0 Å². The highest BCUT2D eigenvalue weighted by Crippen LogP contribution is 2.03. The molecule has 0 fully saturated rings. The summed E-state index contributed by atoms with van der Waals surface area (Å²) >= 11 is 0. The molecule has 82 valence electrons. The summed E-state index contributed by atoms with van der Waals surface area (Å²) in [6.07, 6.45) is 8.40. The fourth-order valence-corrected chi connectivity index (χ4v) is 1.40. The monoisotopic (exact) mass is 216 g/mol. The predicted octanol–water partition coefficient (Wildman–Crippen LogP) is 1.05. The van der Waals surface area contributed by atoms with Gasteiger partial charge in [0, 0.05) is 32.1 Å². The third kappa shape index (κ3) is 2.08. The summed E-state index contributed by atoms with van der Waals surface area (Å²) in [4.78, 5) is 11.7. The lowest BCUT2D eigenvalue weighted by atomic mass is 10.2. The van der Waals surface area contributed by atoms with Crippen LogP contribution in [0.5, 0.6) is 0 Å². The van der Waals surface area contributed by atoms with Crippen LogP contribution >= 0.6 is 0 Å². The van der Waals surface area contributed by atoms with Gasteiger partial charge in [0.05, 0.1) is 6.20 Å². The second kappa shape index (κ2) is 4.14. The summed E-state index contributed by atoms with van der Waals surface area (Å²) < 4.78 is 3.24. The first kappa shape index (κ1) is 10.4. The number of rotatable bonds is 3. The maximum Gasteiger partial charge on any atom is 0.203 e. The molecule has 2 aromatic heterocycles. The van der Waals surface area contributed by atoms with Crippen molar-refractivity contribution >= 4 is 11.9 Å². The molecule has 0 saturated heterocycles. The first-order valence-electron chi connectivity index (χ1n) is 4.86. The molecule has 2 aromatic rings. The lowest BCUT2D eigenvalue weighted by molar-refractivity contribution is 0.103. The molecule has 0 N–H and O–H groups in total. The van der Waals surface area contributed by atoms with Crippen LogP contribution in [0.1, 0.15) is 16.1 Å². The van der Waals surface area contributed by atoms with Crippen molar-refractivity contribution < 1.29 is 4.79 Å². The molecular weight excluding hydrogens is 204 g/mol. The number of ketones is 1. The molecule has 0 radical (unpaired) electrons. The molecule has 0 atom stereocenters. The van der Waals surface area contributed by atoms with Gasteiger partial charge in [-0.05, 0) is 18.2 Å². The highest BCUT2D eigenvalue weighted by atomic mass is 16.1. The molecule has 0 amide bonds. The van der Waals surface area contributed by atoms with Gasteiger partial charge in [-0.1, -0.05) is 0 Å². The molecule has 0 aromatic carbocycles. The predicted molar refractivity (Wildman–Crippen MR) is 59.8 cm³/mol. The first-order valence-corrected chi connectivity index (χ1v) is 4.86. The Hall–Kier alpha value is -2.17. The lowest BCUT2D eigenvalue weighted by Gasteiger charge is -1.94. The first-order chi connectivity index (χ1) is 7.66. The van der Waals surface area contributed by atoms with Crippen LogP contribution in [0.3, 0.4) is 0 Å². The molecular formula is C11H12N4O. The summed E-state index contributed by atoms with van der Waals surface area (Å²) in [6.45, 7) is 0. The number of carbonyl (C=O) groups excluding carboxylic acids is 1. The number of hydrogen-bond donors (Lipinski definition) is 0. The minimum absolute atomic E-state index is 0.0659. The number of hydrogen-bond acceptors (Lipinski definition) is 3. The minimum Gasteiger partial charge on any atom is -0.288 e. The van der Waals surface area contributed by atoms with E-state index in [-0.39, 0.29) is 5.78 Å². The van der Waals surface area contributed by atoms with Crippen molar-refractivity contribution in [1.82, 2.24) is 19.6 Å². The normalized spacial score (nSPS) is 11.1. The Balaban J connectivity index is 2.14. The van der Waals surface area contributed by atoms with Gasteiger partial charge in [0.25, 0.3) is 0 Å². The van der Waals surface area contributed by atoms with Gasteiger partial charge in [0.15, 0.2) is 0 Å². The van der Waals surface area contributed by atoms with E-state index in [9.17, 15) is 4.79 Å². The largest absolute Gasteiger partial charge is 0.288 e. The average molecular weight is 216 g/mol. The highest BCUT2D eigenvalue weighted by Gasteiger charge is 2.05. The summed E-state index contributed by atoms with van der Waals surface area (Å²) in [7, 11) is 3.57. The van der Waals surface area contributed by atoms with Crippen molar-refractivity contribution in [1.29, 1.82) is 0 Å². The average Bonchev–Trinajstić information content (AvgIpc) is 2.84. The lowest BCUT2D eigenvalue weighted by Crippen LogP contribution is -2.03. The molecule has 2 heterocycles. The van der Waals surface area contributed by atoms with Crippen LogP contribution in [0.25, 0.3) is 6.08 Å². The van der Waals surface area contributed by atoms with Crippen LogP contribution in [-0.2, 0) is 14.1 Å². The number of allylic oxidation sites excluding steroid dienone is 1. The molecule has 5 heteroatoms. The maximum absolute atomic E-state index is 11.7. The molecule has 0 spiro atoms. The summed E-state index contributed by atoms with van der Waals surface area (Å²) in [6, 6.07) is 1.69. The van der Waals surface area contributed by atoms with Gasteiger partial charge in [-0.3, -0.25) is 14.2 Å². The molecule has 0 aliphatic carbocycles. The van der Waals surface area contributed by atoms with Crippen LogP contribution in [-0.4, -0.2) is 25.3 Å². The van der Waals surface area contributed by atoms with E-state index >= 15 is 0 Å². The van der Waals surface area contributed by atoms with Gasteiger partial charge in [-0.2, -0.15) is 10.2 Å². The molecule has 0 saturated carbocycles. The Morgan fingerprint density at radius 1 is 1.38 bits per heavy atom. The third-order valence-electron chi connectivity index (χ3n) is 2.23. The van der Waals surface area contributed by atoms with Crippen LogP contribution in [0.4, 0.5) is 0 Å². The Morgan fingerprint density at radius 3 is 2.75 bits per heavy atom. The van der Waals surface area contributed by atoms with Gasteiger partial charge in [0.2, 0.25) is 5.78 Å². The van der Waals surface area contributed by atoms with E-state index in [1.54, 1.807) is 40.9 Å². The second-order valence-corrected chi connectivity index (χ2v) is 3.48. The Kier molecular flexibility index (Phi) is 2.68. The molecule has 5 nitrogen and oxygen atoms in total. The number of aromatic nitrogens is 4. The minimum atomic E-state index is -0.0659. The van der Waals surface area contributed by atoms with Crippen molar-refractivity contribution in [3.8, 4) is 0 Å². The maximum atomic E-state index is 11.7. The van der Waals surface area contributed by atoms with Crippen LogP contribution in [0.2, 0.25) is 0 Å². The molecule has 0 aliphatic rings. The zero-order chi connectivity index (χ0) is 11.5. The van der Waals surface area contributed by atoms with Gasteiger partial charge in [0.1, 0.15) is 5.69 Å². The van der Waals surface area contributed by atoms with Gasteiger partial charge in [-0.25, -0.2) is 0 Å². The second-order valence-electron chi connectivity index (χ2n) is 3.48. The van der Waals surface area contributed by atoms with Crippen LogP contribution in [0.15, 0.2) is 30.7 Å². The van der Waals surface area contributed by atoms with E-state index in [1.165, 1.54) is 6.08 Å². The Labute approximate surface area is 93.0 Å². The van der Waals surface area contributed by atoms with Gasteiger partial charge < -0.3 is 0 Å². The topological polar surface area (TPSA) is 52.7 Å². The molecule has 0 unspecified atom stereocenters. The van der Waals surface area contributed by atoms with E-state index in [0.29, 0.717) is 5.69 Å². The molecule has 0 aliphatic heterocycles. The Morgan fingerprint density at radius 2 is 2.19 bits per heavy atom. The number of carbonyl (C=O) groups is 1.